The number of ketones is 1. The minimum atomic E-state index is -0.811. The van der Waals surface area contributed by atoms with Crippen LogP contribution in [0.3, 0.4) is 0 Å². The Labute approximate surface area is 125 Å². The van der Waals surface area contributed by atoms with Crippen LogP contribution in [-0.4, -0.2) is 18.0 Å². The molecule has 0 aliphatic rings. The first-order chi connectivity index (χ1) is 10.2. The van der Waals surface area contributed by atoms with Crippen LogP contribution in [0, 0.1) is 5.92 Å². The molecule has 2 aromatic carbocycles. The normalized spacial score (nSPS) is 13.5. The molecule has 0 unspecified atom stereocenters. The lowest BCUT2D eigenvalue weighted by Crippen LogP contribution is -2.22. The molecule has 0 spiro atoms. The van der Waals surface area contributed by atoms with E-state index in [0.29, 0.717) is 12.0 Å². The van der Waals surface area contributed by atoms with Crippen LogP contribution < -0.4 is 4.74 Å². The molecule has 0 fully saturated rings. The van der Waals surface area contributed by atoms with Crippen molar-refractivity contribution in [1.29, 1.82) is 0 Å². The molecule has 0 saturated heterocycles. The second-order valence-corrected chi connectivity index (χ2v) is 4.96. The Morgan fingerprint density at radius 3 is 2.24 bits per heavy atom. The molecular formula is C18H20O3. The average Bonchev–Trinajstić information content (AvgIpc) is 2.56. The zero-order valence-electron chi connectivity index (χ0n) is 12.3. The number of hydrogen-bond acceptors (Lipinski definition) is 3. The molecule has 0 aliphatic carbocycles. The van der Waals surface area contributed by atoms with Gasteiger partial charge in [0.2, 0.25) is 0 Å². The fourth-order valence-corrected chi connectivity index (χ4v) is 2.40. The van der Waals surface area contributed by atoms with Crippen LogP contribution in [0.4, 0.5) is 0 Å². The molecule has 3 heteroatoms. The van der Waals surface area contributed by atoms with E-state index in [0.717, 1.165) is 11.3 Å². The summed E-state index contributed by atoms with van der Waals surface area (Å²) in [5.41, 5.74) is 1.36. The largest absolute Gasteiger partial charge is 0.497 e. The van der Waals surface area contributed by atoms with E-state index in [1.807, 2.05) is 25.1 Å². The van der Waals surface area contributed by atoms with Crippen molar-refractivity contribution >= 4 is 5.78 Å². The molecule has 0 aliphatic heterocycles. The van der Waals surface area contributed by atoms with Crippen molar-refractivity contribution in [2.24, 2.45) is 5.92 Å². The number of methoxy groups -OCH3 is 1. The van der Waals surface area contributed by atoms with Crippen LogP contribution in [0.15, 0.2) is 54.6 Å². The maximum absolute atomic E-state index is 12.5. The Hall–Kier alpha value is -2.13. The first-order valence-corrected chi connectivity index (χ1v) is 7.08. The maximum Gasteiger partial charge on any atom is 0.168 e. The Kier molecular flexibility index (Phi) is 5.12. The molecule has 0 bridgehead atoms. The van der Waals surface area contributed by atoms with Gasteiger partial charge in [-0.25, -0.2) is 0 Å². The van der Waals surface area contributed by atoms with Crippen molar-refractivity contribution in [2.45, 2.75) is 19.4 Å². The molecule has 2 rings (SSSR count). The molecule has 0 amide bonds. The number of carbonyl (C=O) groups is 1. The molecule has 2 atom stereocenters. The minimum Gasteiger partial charge on any atom is -0.497 e. The van der Waals surface area contributed by atoms with Crippen LogP contribution in [0.25, 0.3) is 0 Å². The van der Waals surface area contributed by atoms with Crippen molar-refractivity contribution in [3.8, 4) is 5.75 Å². The summed E-state index contributed by atoms with van der Waals surface area (Å²) in [6.07, 6.45) is -0.227. The first kappa shape index (κ1) is 15.3. The predicted octanol–water partition coefficient (Wildman–Crippen LogP) is 3.64. The molecule has 21 heavy (non-hydrogen) atoms. The Balaban J connectivity index is 2.21. The summed E-state index contributed by atoms with van der Waals surface area (Å²) in [6, 6.07) is 16.3. The third kappa shape index (κ3) is 3.50. The maximum atomic E-state index is 12.5. The van der Waals surface area contributed by atoms with Crippen molar-refractivity contribution in [3.05, 3.63) is 65.7 Å². The average molecular weight is 284 g/mol. The molecule has 0 heterocycles. The van der Waals surface area contributed by atoms with Crippen molar-refractivity contribution < 1.29 is 14.6 Å². The number of aliphatic hydroxyl groups is 1. The van der Waals surface area contributed by atoms with Crippen LogP contribution >= 0.6 is 0 Å². The minimum absolute atomic E-state index is 0.0265. The zero-order chi connectivity index (χ0) is 15.2. The SMILES string of the molecule is CC[C@H](C(=O)c1ccccc1)[C@H](O)c1ccc(OC)cc1. The fourth-order valence-electron chi connectivity index (χ4n) is 2.40. The van der Waals surface area contributed by atoms with E-state index in [2.05, 4.69) is 0 Å². The van der Waals surface area contributed by atoms with E-state index in [1.54, 1.807) is 43.5 Å². The summed E-state index contributed by atoms with van der Waals surface area (Å²) < 4.78 is 5.10. The molecule has 110 valence electrons. The van der Waals surface area contributed by atoms with E-state index in [9.17, 15) is 9.90 Å². The monoisotopic (exact) mass is 284 g/mol. The zero-order valence-corrected chi connectivity index (χ0v) is 12.3. The van der Waals surface area contributed by atoms with Crippen LogP contribution in [0.1, 0.15) is 35.4 Å². The Bertz CT molecular complexity index is 575. The summed E-state index contributed by atoms with van der Waals surface area (Å²) >= 11 is 0. The first-order valence-electron chi connectivity index (χ1n) is 7.08. The van der Waals surface area contributed by atoms with E-state index < -0.39 is 12.0 Å². The van der Waals surface area contributed by atoms with Gasteiger partial charge in [-0.3, -0.25) is 4.79 Å². The summed E-state index contributed by atoms with van der Waals surface area (Å²) in [7, 11) is 1.60. The molecule has 2 aromatic rings. The van der Waals surface area contributed by atoms with E-state index >= 15 is 0 Å². The quantitative estimate of drug-likeness (QED) is 0.824. The van der Waals surface area contributed by atoms with Gasteiger partial charge in [0.25, 0.3) is 0 Å². The Morgan fingerprint density at radius 2 is 1.71 bits per heavy atom. The van der Waals surface area contributed by atoms with E-state index in [1.165, 1.54) is 0 Å². The fraction of sp³-hybridized carbons (Fsp3) is 0.278. The van der Waals surface area contributed by atoms with Gasteiger partial charge in [-0.05, 0) is 24.1 Å². The predicted molar refractivity (Wildman–Crippen MR) is 82.5 cm³/mol. The van der Waals surface area contributed by atoms with Crippen molar-refractivity contribution in [1.82, 2.24) is 0 Å². The highest BCUT2D eigenvalue weighted by Crippen LogP contribution is 2.29. The van der Waals surface area contributed by atoms with Crippen molar-refractivity contribution in [2.75, 3.05) is 7.11 Å². The summed E-state index contributed by atoms with van der Waals surface area (Å²) in [4.78, 5) is 12.5. The molecule has 1 N–H and O–H groups in total. The second-order valence-electron chi connectivity index (χ2n) is 4.96. The highest BCUT2D eigenvalue weighted by molar-refractivity contribution is 5.98. The number of Topliss-reactive ketones (excluding diaryl/α,β-unsaturated/α-hetero) is 1. The Morgan fingerprint density at radius 1 is 1.10 bits per heavy atom. The van der Waals surface area contributed by atoms with Gasteiger partial charge >= 0.3 is 0 Å². The van der Waals surface area contributed by atoms with Crippen LogP contribution in [-0.2, 0) is 0 Å². The number of hydrogen-bond donors (Lipinski definition) is 1. The second kappa shape index (κ2) is 7.04. The lowest BCUT2D eigenvalue weighted by atomic mass is 9.87. The smallest absolute Gasteiger partial charge is 0.168 e. The van der Waals surface area contributed by atoms with Gasteiger partial charge in [0.15, 0.2) is 5.78 Å². The van der Waals surface area contributed by atoms with Gasteiger partial charge in [0.1, 0.15) is 5.75 Å². The van der Waals surface area contributed by atoms with E-state index in [4.69, 9.17) is 4.74 Å². The van der Waals surface area contributed by atoms with Gasteiger partial charge in [0.05, 0.1) is 19.1 Å². The number of aliphatic hydroxyl groups excluding tert-OH is 1. The van der Waals surface area contributed by atoms with Gasteiger partial charge in [-0.1, -0.05) is 49.4 Å². The van der Waals surface area contributed by atoms with Gasteiger partial charge in [-0.15, -0.1) is 0 Å². The summed E-state index contributed by atoms with van der Waals surface area (Å²) in [5.74, 6) is 0.260. The molecular weight excluding hydrogens is 264 g/mol. The standard InChI is InChI=1S/C18H20O3/c1-3-16(17(19)13-7-5-4-6-8-13)18(20)14-9-11-15(21-2)12-10-14/h4-12,16,18,20H,3H2,1-2H3/t16-,18-/m1/s1. The van der Waals surface area contributed by atoms with Crippen LogP contribution in [0.5, 0.6) is 5.75 Å². The van der Waals surface area contributed by atoms with Gasteiger partial charge in [-0.2, -0.15) is 0 Å². The molecule has 0 aromatic heterocycles. The lowest BCUT2D eigenvalue weighted by molar-refractivity contribution is 0.0667. The lowest BCUT2D eigenvalue weighted by Gasteiger charge is -2.21. The highest BCUT2D eigenvalue weighted by atomic mass is 16.5. The highest BCUT2D eigenvalue weighted by Gasteiger charge is 2.27. The number of benzene rings is 2. The van der Waals surface area contributed by atoms with E-state index in [-0.39, 0.29) is 5.78 Å². The van der Waals surface area contributed by atoms with Crippen molar-refractivity contribution in [3.63, 3.8) is 0 Å². The topological polar surface area (TPSA) is 46.5 Å². The summed E-state index contributed by atoms with van der Waals surface area (Å²) in [6.45, 7) is 1.91. The third-order valence-corrected chi connectivity index (χ3v) is 3.67. The van der Waals surface area contributed by atoms with Crippen LogP contribution in [0.2, 0.25) is 0 Å². The van der Waals surface area contributed by atoms with Gasteiger partial charge in [0, 0.05) is 5.56 Å². The summed E-state index contributed by atoms with van der Waals surface area (Å²) in [5, 5.41) is 10.5. The molecule has 0 radical (unpaired) electrons. The number of ether oxygens (including phenoxy) is 1. The molecule has 0 saturated carbocycles. The number of carbonyl (C=O) groups excluding carboxylic acids is 1. The number of rotatable bonds is 6. The molecule has 3 nitrogen and oxygen atoms in total. The van der Waals surface area contributed by atoms with Gasteiger partial charge < -0.3 is 9.84 Å². The third-order valence-electron chi connectivity index (χ3n) is 3.67.